The Morgan fingerprint density at radius 1 is 1.06 bits per heavy atom. The maximum atomic E-state index is 6.34. The van der Waals surface area contributed by atoms with Gasteiger partial charge in [0.2, 0.25) is 0 Å². The third-order valence-electron chi connectivity index (χ3n) is 6.50. The van der Waals surface area contributed by atoms with E-state index in [0.29, 0.717) is 11.9 Å². The third-order valence-corrected chi connectivity index (χ3v) is 7.39. The van der Waals surface area contributed by atoms with Crippen LogP contribution in [-0.2, 0) is 0 Å². The second kappa shape index (κ2) is 7.67. The third kappa shape index (κ3) is 3.15. The van der Waals surface area contributed by atoms with Crippen molar-refractivity contribution in [3.05, 3.63) is 53.7 Å². The fourth-order valence-electron chi connectivity index (χ4n) is 4.88. The minimum atomic E-state index is 0.362. The summed E-state index contributed by atoms with van der Waals surface area (Å²) in [7, 11) is 0. The Balaban J connectivity index is 1.54. The number of pyridine rings is 1. The molecule has 0 aliphatic heterocycles. The lowest BCUT2D eigenvalue weighted by Crippen LogP contribution is -2.14. The van der Waals surface area contributed by atoms with Crippen LogP contribution in [0, 0.1) is 6.92 Å². The molecular formula is C25H24N6S. The molecule has 0 bridgehead atoms. The van der Waals surface area contributed by atoms with Crippen molar-refractivity contribution in [3.8, 4) is 21.8 Å². The van der Waals surface area contributed by atoms with E-state index in [1.807, 2.05) is 0 Å². The van der Waals surface area contributed by atoms with Crippen LogP contribution in [0.25, 0.3) is 43.8 Å². The summed E-state index contributed by atoms with van der Waals surface area (Å²) in [4.78, 5) is 15.0. The number of benzene rings is 1. The second-order valence-electron chi connectivity index (χ2n) is 8.58. The van der Waals surface area contributed by atoms with Crippen molar-refractivity contribution in [3.63, 3.8) is 0 Å². The van der Waals surface area contributed by atoms with Gasteiger partial charge in [-0.05, 0) is 48.9 Å². The van der Waals surface area contributed by atoms with Gasteiger partial charge >= 0.3 is 0 Å². The smallest absolute Gasteiger partial charge is 0.164 e. The van der Waals surface area contributed by atoms with Gasteiger partial charge in [-0.25, -0.2) is 19.6 Å². The summed E-state index contributed by atoms with van der Waals surface area (Å²) in [5, 5.41) is 9.12. The van der Waals surface area contributed by atoms with Crippen molar-refractivity contribution in [2.75, 3.05) is 5.73 Å². The van der Waals surface area contributed by atoms with Gasteiger partial charge in [0.15, 0.2) is 5.65 Å². The molecule has 6 rings (SSSR count). The summed E-state index contributed by atoms with van der Waals surface area (Å²) in [6.07, 6.45) is 7.55. The molecule has 32 heavy (non-hydrogen) atoms. The van der Waals surface area contributed by atoms with E-state index in [4.69, 9.17) is 15.8 Å². The van der Waals surface area contributed by atoms with Crippen LogP contribution in [0.15, 0.2) is 48.1 Å². The molecule has 4 aromatic heterocycles. The van der Waals surface area contributed by atoms with Gasteiger partial charge in [0.25, 0.3) is 0 Å². The molecule has 0 saturated heterocycles. The van der Waals surface area contributed by atoms with Crippen LogP contribution in [0.1, 0.15) is 43.7 Å². The first-order chi connectivity index (χ1) is 15.7. The van der Waals surface area contributed by atoms with Gasteiger partial charge in [0, 0.05) is 10.9 Å². The van der Waals surface area contributed by atoms with Gasteiger partial charge < -0.3 is 5.73 Å². The zero-order valence-corrected chi connectivity index (χ0v) is 18.8. The normalized spacial score (nSPS) is 15.0. The molecule has 160 valence electrons. The Labute approximate surface area is 190 Å². The van der Waals surface area contributed by atoms with Crippen LogP contribution in [-0.4, -0.2) is 24.7 Å². The fourth-order valence-corrected chi connectivity index (χ4v) is 5.56. The first-order valence-corrected chi connectivity index (χ1v) is 12.0. The van der Waals surface area contributed by atoms with Crippen LogP contribution in [0.2, 0.25) is 0 Å². The number of thiophene rings is 1. The highest BCUT2D eigenvalue weighted by Gasteiger charge is 2.24. The monoisotopic (exact) mass is 440 g/mol. The lowest BCUT2D eigenvalue weighted by molar-refractivity contribution is 0.336. The molecule has 5 aromatic rings. The van der Waals surface area contributed by atoms with E-state index in [1.165, 1.54) is 29.7 Å². The Morgan fingerprint density at radius 3 is 2.75 bits per heavy atom. The Kier molecular flexibility index (Phi) is 4.64. The molecule has 1 aromatic carbocycles. The predicted octanol–water partition coefficient (Wildman–Crippen LogP) is 6.17. The number of aromatic nitrogens is 5. The van der Waals surface area contributed by atoms with E-state index in [2.05, 4.69) is 63.4 Å². The maximum Gasteiger partial charge on any atom is 0.164 e. The molecule has 0 unspecified atom stereocenters. The average Bonchev–Trinajstić information content (AvgIpc) is 3.49. The van der Waals surface area contributed by atoms with E-state index in [1.54, 1.807) is 17.7 Å². The number of nitrogen functional groups attached to an aromatic ring is 1. The van der Waals surface area contributed by atoms with Crippen LogP contribution < -0.4 is 5.73 Å². The van der Waals surface area contributed by atoms with Crippen LogP contribution >= 0.6 is 11.3 Å². The lowest BCUT2D eigenvalue weighted by Gasteiger charge is -2.22. The highest BCUT2D eigenvalue weighted by atomic mass is 32.1. The van der Waals surface area contributed by atoms with Gasteiger partial charge in [-0.2, -0.15) is 5.10 Å². The number of fused-ring (bicyclic) bond motifs is 2. The lowest BCUT2D eigenvalue weighted by atomic mass is 9.96. The summed E-state index contributed by atoms with van der Waals surface area (Å²) >= 11 is 1.71. The van der Waals surface area contributed by atoms with Crippen molar-refractivity contribution >= 4 is 39.1 Å². The summed E-state index contributed by atoms with van der Waals surface area (Å²) in [6.45, 7) is 2.14. The minimum Gasteiger partial charge on any atom is -0.383 e. The molecule has 1 aliphatic rings. The first kappa shape index (κ1) is 19.4. The molecule has 0 radical (unpaired) electrons. The van der Waals surface area contributed by atoms with Crippen LogP contribution in [0.4, 0.5) is 5.82 Å². The van der Waals surface area contributed by atoms with Crippen molar-refractivity contribution in [2.24, 2.45) is 0 Å². The molecule has 0 spiro atoms. The van der Waals surface area contributed by atoms with Gasteiger partial charge in [-0.3, -0.25) is 0 Å². The average molecular weight is 441 g/mol. The molecule has 0 amide bonds. The Bertz CT molecular complexity index is 1430. The van der Waals surface area contributed by atoms with E-state index >= 15 is 0 Å². The number of anilines is 1. The van der Waals surface area contributed by atoms with E-state index in [0.717, 1.165) is 51.7 Å². The molecule has 1 aliphatic carbocycles. The van der Waals surface area contributed by atoms with Gasteiger partial charge in [-0.1, -0.05) is 37.5 Å². The summed E-state index contributed by atoms with van der Waals surface area (Å²) < 4.78 is 2.09. The largest absolute Gasteiger partial charge is 0.383 e. The Hall–Kier alpha value is -3.32. The van der Waals surface area contributed by atoms with Crippen molar-refractivity contribution < 1.29 is 0 Å². The number of rotatable bonds is 3. The minimum absolute atomic E-state index is 0.362. The predicted molar refractivity (Wildman–Crippen MR) is 131 cm³/mol. The topological polar surface area (TPSA) is 82.5 Å². The summed E-state index contributed by atoms with van der Waals surface area (Å²) in [5.74, 6) is 0.476. The Morgan fingerprint density at radius 2 is 1.94 bits per heavy atom. The molecule has 6 nitrogen and oxygen atoms in total. The number of nitrogens with zero attached hydrogens (tertiary/aromatic N) is 5. The maximum absolute atomic E-state index is 6.34. The van der Waals surface area contributed by atoms with E-state index in [9.17, 15) is 0 Å². The molecule has 0 atom stereocenters. The first-order valence-electron chi connectivity index (χ1n) is 11.1. The van der Waals surface area contributed by atoms with E-state index < -0.39 is 0 Å². The van der Waals surface area contributed by atoms with Crippen LogP contribution in [0.3, 0.4) is 0 Å². The summed E-state index contributed by atoms with van der Waals surface area (Å²) in [5.41, 5.74) is 12.2. The zero-order valence-electron chi connectivity index (χ0n) is 18.0. The van der Waals surface area contributed by atoms with Gasteiger partial charge in [0.05, 0.1) is 27.5 Å². The molecule has 2 N–H and O–H groups in total. The molecule has 1 fully saturated rings. The molecule has 1 saturated carbocycles. The standard InChI is InChI=1S/C25H24N6S/c1-15-12-20(21-8-5-11-32-21)29-19-13-16(9-10-18(15)19)23-22-24(26)27-14-28-25(22)31(30-23)17-6-3-2-4-7-17/h5,8-14,17H,2-4,6-7H2,1H3,(H2,26,27,28). The summed E-state index contributed by atoms with van der Waals surface area (Å²) in [6, 6.07) is 13.1. The number of hydrogen-bond acceptors (Lipinski definition) is 6. The molecule has 7 heteroatoms. The SMILES string of the molecule is Cc1cc(-c2cccs2)nc2cc(-c3nn(C4CCCCC4)c4ncnc(N)c34)ccc12. The molecular weight excluding hydrogens is 416 g/mol. The van der Waals surface area contributed by atoms with Crippen molar-refractivity contribution in [1.29, 1.82) is 0 Å². The highest BCUT2D eigenvalue weighted by molar-refractivity contribution is 7.13. The quantitative estimate of drug-likeness (QED) is 0.363. The van der Waals surface area contributed by atoms with Gasteiger partial charge in [-0.15, -0.1) is 11.3 Å². The highest BCUT2D eigenvalue weighted by Crippen LogP contribution is 2.37. The zero-order chi connectivity index (χ0) is 21.7. The molecule has 4 heterocycles. The van der Waals surface area contributed by atoms with Crippen LogP contribution in [0.5, 0.6) is 0 Å². The van der Waals surface area contributed by atoms with E-state index in [-0.39, 0.29) is 0 Å². The fraction of sp³-hybridized carbons (Fsp3) is 0.280. The second-order valence-corrected chi connectivity index (χ2v) is 9.52. The number of aryl methyl sites for hydroxylation is 1. The van der Waals surface area contributed by atoms with Crippen molar-refractivity contribution in [1.82, 2.24) is 24.7 Å². The number of hydrogen-bond donors (Lipinski definition) is 1. The van der Waals surface area contributed by atoms with Gasteiger partial charge in [0.1, 0.15) is 17.8 Å². The number of nitrogens with two attached hydrogens (primary N) is 1. The van der Waals surface area contributed by atoms with Crippen molar-refractivity contribution in [2.45, 2.75) is 45.1 Å².